The minimum absolute atomic E-state index is 0.190. The van der Waals surface area contributed by atoms with Gasteiger partial charge in [0.25, 0.3) is 5.91 Å². The lowest BCUT2D eigenvalue weighted by Gasteiger charge is -2.07. The van der Waals surface area contributed by atoms with Gasteiger partial charge in [-0.25, -0.2) is 13.2 Å². The first-order chi connectivity index (χ1) is 9.40. The third kappa shape index (κ3) is 2.89. The SMILES string of the molecule is O=C(Nc1ccc(Cl)c(Cl)c1)c1ccc(F)c(F)c1F. The summed E-state index contributed by atoms with van der Waals surface area (Å²) >= 11 is 11.5. The molecule has 0 fully saturated rings. The molecule has 2 rings (SSSR count). The summed E-state index contributed by atoms with van der Waals surface area (Å²) in [5, 5.41) is 2.77. The number of rotatable bonds is 2. The number of halogens is 5. The molecule has 0 aliphatic carbocycles. The predicted octanol–water partition coefficient (Wildman–Crippen LogP) is 4.66. The first-order valence-corrected chi connectivity index (χ1v) is 6.05. The molecule has 1 N–H and O–H groups in total. The standard InChI is InChI=1S/C13H6Cl2F3NO/c14-8-3-1-6(5-9(8)15)19-13(20)7-2-4-10(16)12(18)11(7)17/h1-5H,(H,19,20). The van der Waals surface area contributed by atoms with Gasteiger partial charge in [-0.15, -0.1) is 0 Å². The Bertz CT molecular complexity index is 692. The van der Waals surface area contributed by atoms with Gasteiger partial charge >= 0.3 is 0 Å². The van der Waals surface area contributed by atoms with Crippen LogP contribution in [-0.2, 0) is 0 Å². The Kier molecular flexibility index (Phi) is 4.20. The van der Waals surface area contributed by atoms with Crippen molar-refractivity contribution in [3.05, 3.63) is 63.4 Å². The fourth-order valence-electron chi connectivity index (χ4n) is 1.47. The summed E-state index contributed by atoms with van der Waals surface area (Å²) in [7, 11) is 0. The second kappa shape index (κ2) is 5.73. The van der Waals surface area contributed by atoms with Crippen molar-refractivity contribution in [2.75, 3.05) is 5.32 Å². The number of hydrogen-bond acceptors (Lipinski definition) is 1. The second-order valence-electron chi connectivity index (χ2n) is 3.81. The van der Waals surface area contributed by atoms with E-state index in [4.69, 9.17) is 23.2 Å². The maximum atomic E-state index is 13.4. The molecule has 0 unspecified atom stereocenters. The van der Waals surface area contributed by atoms with Gasteiger partial charge in [0.2, 0.25) is 0 Å². The number of carbonyl (C=O) groups excluding carboxylic acids is 1. The normalized spacial score (nSPS) is 10.4. The lowest BCUT2D eigenvalue weighted by Crippen LogP contribution is -2.15. The Morgan fingerprint density at radius 2 is 1.65 bits per heavy atom. The van der Waals surface area contributed by atoms with Crippen LogP contribution in [0.15, 0.2) is 30.3 Å². The topological polar surface area (TPSA) is 29.1 Å². The van der Waals surface area contributed by atoms with Gasteiger partial charge in [0.1, 0.15) is 0 Å². The first-order valence-electron chi connectivity index (χ1n) is 5.30. The van der Waals surface area contributed by atoms with E-state index in [9.17, 15) is 18.0 Å². The number of amides is 1. The summed E-state index contributed by atoms with van der Waals surface area (Å²) in [6.07, 6.45) is 0. The van der Waals surface area contributed by atoms with Crippen molar-refractivity contribution >= 4 is 34.8 Å². The molecule has 0 spiro atoms. The third-order valence-electron chi connectivity index (χ3n) is 2.46. The van der Waals surface area contributed by atoms with Crippen LogP contribution in [0.4, 0.5) is 18.9 Å². The number of hydrogen-bond donors (Lipinski definition) is 1. The summed E-state index contributed by atoms with van der Waals surface area (Å²) in [5.41, 5.74) is -0.372. The molecular weight excluding hydrogens is 314 g/mol. The van der Waals surface area contributed by atoms with Crippen LogP contribution in [0.25, 0.3) is 0 Å². The summed E-state index contributed by atoms with van der Waals surface area (Å²) < 4.78 is 39.2. The zero-order chi connectivity index (χ0) is 14.9. The molecule has 0 radical (unpaired) electrons. The van der Waals surface area contributed by atoms with Crippen molar-refractivity contribution < 1.29 is 18.0 Å². The lowest BCUT2D eigenvalue weighted by molar-refractivity contribution is 0.102. The Morgan fingerprint density at radius 3 is 2.30 bits per heavy atom. The molecule has 0 heterocycles. The summed E-state index contributed by atoms with van der Waals surface area (Å²) in [6.45, 7) is 0. The zero-order valence-corrected chi connectivity index (χ0v) is 11.2. The third-order valence-corrected chi connectivity index (χ3v) is 3.20. The molecule has 7 heteroatoms. The van der Waals surface area contributed by atoms with E-state index in [2.05, 4.69) is 5.32 Å². The Hall–Kier alpha value is -1.72. The maximum Gasteiger partial charge on any atom is 0.258 e. The average molecular weight is 320 g/mol. The molecule has 0 aromatic heterocycles. The van der Waals surface area contributed by atoms with Crippen LogP contribution >= 0.6 is 23.2 Å². The van der Waals surface area contributed by atoms with E-state index in [1.165, 1.54) is 18.2 Å². The minimum atomic E-state index is -1.70. The molecule has 0 saturated heterocycles. The zero-order valence-electron chi connectivity index (χ0n) is 9.68. The molecule has 0 aliphatic rings. The molecule has 20 heavy (non-hydrogen) atoms. The molecule has 104 valence electrons. The van der Waals surface area contributed by atoms with Gasteiger partial charge in [0.15, 0.2) is 17.5 Å². The number of benzene rings is 2. The average Bonchev–Trinajstić information content (AvgIpc) is 2.40. The largest absolute Gasteiger partial charge is 0.322 e. The molecular formula is C13H6Cl2F3NO. The van der Waals surface area contributed by atoms with Gasteiger partial charge in [0, 0.05) is 5.69 Å². The monoisotopic (exact) mass is 319 g/mol. The van der Waals surface area contributed by atoms with Crippen molar-refractivity contribution in [2.24, 2.45) is 0 Å². The highest BCUT2D eigenvalue weighted by Gasteiger charge is 2.19. The van der Waals surface area contributed by atoms with E-state index in [1.807, 2.05) is 0 Å². The Labute approximate surface area is 122 Å². The van der Waals surface area contributed by atoms with Gasteiger partial charge in [-0.1, -0.05) is 23.2 Å². The molecule has 2 aromatic rings. The molecule has 0 bridgehead atoms. The Morgan fingerprint density at radius 1 is 0.950 bits per heavy atom. The van der Waals surface area contributed by atoms with Gasteiger partial charge in [-0.3, -0.25) is 4.79 Å². The minimum Gasteiger partial charge on any atom is -0.322 e. The van der Waals surface area contributed by atoms with E-state index in [1.54, 1.807) is 0 Å². The fourth-order valence-corrected chi connectivity index (χ4v) is 1.77. The van der Waals surface area contributed by atoms with E-state index < -0.39 is 28.9 Å². The first kappa shape index (κ1) is 14.7. The van der Waals surface area contributed by atoms with Gasteiger partial charge in [-0.2, -0.15) is 0 Å². The van der Waals surface area contributed by atoms with Crippen LogP contribution in [0, 0.1) is 17.5 Å². The van der Waals surface area contributed by atoms with Crippen LogP contribution in [0.1, 0.15) is 10.4 Å². The number of carbonyl (C=O) groups is 1. The van der Waals surface area contributed by atoms with Crippen molar-refractivity contribution in [2.45, 2.75) is 0 Å². The number of anilines is 1. The van der Waals surface area contributed by atoms with Crippen molar-refractivity contribution in [3.8, 4) is 0 Å². The summed E-state index contributed by atoms with van der Waals surface area (Å²) in [5.74, 6) is -5.55. The predicted molar refractivity (Wildman–Crippen MR) is 70.7 cm³/mol. The summed E-state index contributed by atoms with van der Waals surface area (Å²) in [6, 6.07) is 5.73. The van der Waals surface area contributed by atoms with E-state index in [0.717, 1.165) is 6.07 Å². The molecule has 0 atom stereocenters. The highest BCUT2D eigenvalue weighted by molar-refractivity contribution is 6.42. The van der Waals surface area contributed by atoms with Crippen LogP contribution in [0.3, 0.4) is 0 Å². The van der Waals surface area contributed by atoms with Crippen LogP contribution in [0.5, 0.6) is 0 Å². The van der Waals surface area contributed by atoms with Crippen LogP contribution in [0.2, 0.25) is 10.0 Å². The van der Waals surface area contributed by atoms with E-state index >= 15 is 0 Å². The van der Waals surface area contributed by atoms with E-state index in [0.29, 0.717) is 6.07 Å². The highest BCUT2D eigenvalue weighted by Crippen LogP contribution is 2.25. The molecule has 2 nitrogen and oxygen atoms in total. The molecule has 0 saturated carbocycles. The molecule has 2 aromatic carbocycles. The quantitative estimate of drug-likeness (QED) is 0.801. The highest BCUT2D eigenvalue weighted by atomic mass is 35.5. The fraction of sp³-hybridized carbons (Fsp3) is 0. The van der Waals surface area contributed by atoms with Crippen LogP contribution in [-0.4, -0.2) is 5.91 Å². The molecule has 1 amide bonds. The van der Waals surface area contributed by atoms with E-state index in [-0.39, 0.29) is 15.7 Å². The van der Waals surface area contributed by atoms with Gasteiger partial charge in [0.05, 0.1) is 15.6 Å². The van der Waals surface area contributed by atoms with Gasteiger partial charge in [-0.05, 0) is 30.3 Å². The van der Waals surface area contributed by atoms with Crippen molar-refractivity contribution in [3.63, 3.8) is 0 Å². The molecule has 0 aliphatic heterocycles. The maximum absolute atomic E-state index is 13.4. The van der Waals surface area contributed by atoms with Crippen molar-refractivity contribution in [1.82, 2.24) is 0 Å². The number of nitrogens with one attached hydrogen (secondary N) is 1. The lowest BCUT2D eigenvalue weighted by atomic mass is 10.1. The smallest absolute Gasteiger partial charge is 0.258 e. The Balaban J connectivity index is 2.28. The van der Waals surface area contributed by atoms with Gasteiger partial charge < -0.3 is 5.32 Å². The van der Waals surface area contributed by atoms with Crippen molar-refractivity contribution in [1.29, 1.82) is 0 Å². The second-order valence-corrected chi connectivity index (χ2v) is 4.62. The van der Waals surface area contributed by atoms with Crippen LogP contribution < -0.4 is 5.32 Å². The summed E-state index contributed by atoms with van der Waals surface area (Å²) in [4.78, 5) is 11.8.